The van der Waals surface area contributed by atoms with E-state index < -0.39 is 0 Å². The predicted molar refractivity (Wildman–Crippen MR) is 114 cm³/mol. The van der Waals surface area contributed by atoms with E-state index in [1.165, 1.54) is 11.1 Å². The Morgan fingerprint density at radius 3 is 2.14 bits per heavy atom. The summed E-state index contributed by atoms with van der Waals surface area (Å²) in [6.07, 6.45) is 5.89. The topological polar surface area (TPSA) is 29.5 Å². The van der Waals surface area contributed by atoms with Crippen LogP contribution in [0.25, 0.3) is 0 Å². The van der Waals surface area contributed by atoms with E-state index in [4.69, 9.17) is 4.74 Å². The van der Waals surface area contributed by atoms with Crippen LogP contribution < -0.4 is 0 Å². The van der Waals surface area contributed by atoms with E-state index >= 15 is 0 Å². The maximum atomic E-state index is 12.7. The Balaban J connectivity index is 1.82. The number of hydrogen-bond donors (Lipinski definition) is 0. The maximum Gasteiger partial charge on any atom is 0.411 e. The number of benzene rings is 2. The van der Waals surface area contributed by atoms with Gasteiger partial charge in [-0.1, -0.05) is 84.0 Å². The summed E-state index contributed by atoms with van der Waals surface area (Å²) in [6, 6.07) is 20.0. The van der Waals surface area contributed by atoms with Crippen molar-refractivity contribution < 1.29 is 9.53 Å². The van der Waals surface area contributed by atoms with Gasteiger partial charge in [-0.2, -0.15) is 0 Å². The minimum atomic E-state index is -0.296. The van der Waals surface area contributed by atoms with Gasteiger partial charge in [0.05, 0.1) is 0 Å². The summed E-state index contributed by atoms with van der Waals surface area (Å²) in [6.45, 7) is 6.93. The summed E-state index contributed by atoms with van der Waals surface area (Å²) in [4.78, 5) is 14.6. The number of carbonyl (C=O) groups is 1. The fourth-order valence-corrected chi connectivity index (χ4v) is 3.55. The number of allylic oxidation sites excluding steroid dienone is 3. The Morgan fingerprint density at radius 2 is 1.54 bits per heavy atom. The molecule has 1 amide bonds. The van der Waals surface area contributed by atoms with Crippen molar-refractivity contribution in [1.29, 1.82) is 0 Å². The molecule has 1 unspecified atom stereocenters. The van der Waals surface area contributed by atoms with Crippen LogP contribution >= 0.6 is 0 Å². The second-order valence-electron chi connectivity index (χ2n) is 7.59. The zero-order valence-corrected chi connectivity index (χ0v) is 17.0. The van der Waals surface area contributed by atoms with Crippen molar-refractivity contribution in [3.8, 4) is 0 Å². The highest BCUT2D eigenvalue weighted by molar-refractivity contribution is 5.72. The van der Waals surface area contributed by atoms with Gasteiger partial charge < -0.3 is 4.74 Å². The van der Waals surface area contributed by atoms with E-state index in [1.807, 2.05) is 53.4 Å². The lowest BCUT2D eigenvalue weighted by atomic mass is 9.95. The van der Waals surface area contributed by atoms with Crippen LogP contribution in [0.2, 0.25) is 0 Å². The molecule has 0 bridgehead atoms. The highest BCUT2D eigenvalue weighted by Crippen LogP contribution is 2.42. The van der Waals surface area contributed by atoms with Crippen molar-refractivity contribution in [1.82, 2.24) is 4.90 Å². The van der Waals surface area contributed by atoms with Crippen LogP contribution in [0.3, 0.4) is 0 Å². The third kappa shape index (κ3) is 4.92. The quantitative estimate of drug-likeness (QED) is 0.509. The van der Waals surface area contributed by atoms with Crippen LogP contribution in [-0.2, 0) is 4.74 Å². The zero-order valence-electron chi connectivity index (χ0n) is 17.0. The molecule has 2 atom stereocenters. The van der Waals surface area contributed by atoms with Crippen LogP contribution in [0.15, 0.2) is 84.0 Å². The van der Waals surface area contributed by atoms with Crippen molar-refractivity contribution in [2.24, 2.45) is 0 Å². The molecule has 1 saturated heterocycles. The van der Waals surface area contributed by atoms with E-state index in [2.05, 4.69) is 45.1 Å². The van der Waals surface area contributed by atoms with Crippen LogP contribution in [0, 0.1) is 0 Å². The number of ether oxygens (including phenoxy) is 1. The zero-order chi connectivity index (χ0) is 19.9. The van der Waals surface area contributed by atoms with Gasteiger partial charge in [-0.05, 0) is 44.7 Å². The monoisotopic (exact) mass is 375 g/mol. The van der Waals surface area contributed by atoms with Gasteiger partial charge in [0.1, 0.15) is 6.04 Å². The Labute approximate surface area is 168 Å². The number of cyclic esters (lactones) is 1. The van der Waals surface area contributed by atoms with Crippen molar-refractivity contribution in [2.45, 2.75) is 45.8 Å². The molecule has 0 spiro atoms. The van der Waals surface area contributed by atoms with Gasteiger partial charge in [0.2, 0.25) is 0 Å². The summed E-state index contributed by atoms with van der Waals surface area (Å²) in [7, 11) is 0. The van der Waals surface area contributed by atoms with E-state index in [0.717, 1.165) is 24.0 Å². The molecule has 1 aliphatic rings. The molecule has 3 rings (SSSR count). The molecule has 28 heavy (non-hydrogen) atoms. The van der Waals surface area contributed by atoms with Crippen LogP contribution in [0.1, 0.15) is 56.9 Å². The summed E-state index contributed by atoms with van der Waals surface area (Å²) in [5.74, 6) is 0. The van der Waals surface area contributed by atoms with Gasteiger partial charge in [-0.3, -0.25) is 4.90 Å². The lowest BCUT2D eigenvalue weighted by Gasteiger charge is -2.24. The molecule has 0 saturated carbocycles. The second kappa shape index (κ2) is 9.41. The first-order valence-corrected chi connectivity index (χ1v) is 9.92. The average molecular weight is 376 g/mol. The third-order valence-corrected chi connectivity index (χ3v) is 5.08. The highest BCUT2D eigenvalue weighted by Gasteiger charge is 2.42. The van der Waals surface area contributed by atoms with Gasteiger partial charge in [-0.15, -0.1) is 0 Å². The molecule has 1 aliphatic heterocycles. The van der Waals surface area contributed by atoms with Gasteiger partial charge in [0, 0.05) is 6.54 Å². The van der Waals surface area contributed by atoms with Gasteiger partial charge >= 0.3 is 6.09 Å². The molecule has 0 radical (unpaired) electrons. The standard InChI is InChI=1S/C25H29NO2/c1-19(2)11-10-12-20(3)17-18-26-23(21-13-6-4-7-14-21)24(28-25(26)27)22-15-8-5-9-16-22/h4-9,11,13-17,23-24H,10,12,18H2,1-3H3/b20-17+/t23?,24-/m0/s1. The maximum absolute atomic E-state index is 12.7. The number of amides is 1. The van der Waals surface area contributed by atoms with E-state index in [1.54, 1.807) is 0 Å². The first-order chi connectivity index (χ1) is 13.6. The Bertz CT molecular complexity index is 835. The van der Waals surface area contributed by atoms with Crippen molar-refractivity contribution in [3.05, 3.63) is 95.1 Å². The van der Waals surface area contributed by atoms with E-state index in [-0.39, 0.29) is 18.2 Å². The largest absolute Gasteiger partial charge is 0.439 e. The summed E-state index contributed by atoms with van der Waals surface area (Å²) >= 11 is 0. The molecular weight excluding hydrogens is 346 g/mol. The number of carbonyl (C=O) groups excluding carboxylic acids is 1. The molecule has 2 aromatic rings. The number of hydrogen-bond acceptors (Lipinski definition) is 2. The molecule has 2 aromatic carbocycles. The fraction of sp³-hybridized carbons (Fsp3) is 0.320. The molecule has 146 valence electrons. The molecule has 3 heteroatoms. The molecular formula is C25H29NO2. The van der Waals surface area contributed by atoms with E-state index in [9.17, 15) is 4.79 Å². The smallest absolute Gasteiger partial charge is 0.411 e. The van der Waals surface area contributed by atoms with Gasteiger partial charge in [0.15, 0.2) is 6.10 Å². The summed E-state index contributed by atoms with van der Waals surface area (Å²) < 4.78 is 5.82. The Kier molecular flexibility index (Phi) is 6.70. The van der Waals surface area contributed by atoms with Crippen molar-refractivity contribution in [3.63, 3.8) is 0 Å². The molecule has 0 aliphatic carbocycles. The van der Waals surface area contributed by atoms with Crippen LogP contribution in [0.5, 0.6) is 0 Å². The molecule has 0 aromatic heterocycles. The molecule has 3 nitrogen and oxygen atoms in total. The SMILES string of the molecule is CC(C)=CCC/C(C)=C/CN1C(=O)O[C@@H](c2ccccc2)C1c1ccccc1. The molecule has 0 N–H and O–H groups in total. The predicted octanol–water partition coefficient (Wildman–Crippen LogP) is 6.61. The van der Waals surface area contributed by atoms with Crippen molar-refractivity contribution in [2.75, 3.05) is 6.54 Å². The highest BCUT2D eigenvalue weighted by atomic mass is 16.6. The molecule has 1 heterocycles. The first-order valence-electron chi connectivity index (χ1n) is 9.92. The Morgan fingerprint density at radius 1 is 0.929 bits per heavy atom. The van der Waals surface area contributed by atoms with Gasteiger partial charge in [0.25, 0.3) is 0 Å². The summed E-state index contributed by atoms with van der Waals surface area (Å²) in [5, 5.41) is 0. The van der Waals surface area contributed by atoms with Gasteiger partial charge in [-0.25, -0.2) is 4.79 Å². The average Bonchev–Trinajstić information content (AvgIpc) is 3.03. The minimum absolute atomic E-state index is 0.127. The van der Waals surface area contributed by atoms with E-state index in [0.29, 0.717) is 6.54 Å². The van der Waals surface area contributed by atoms with Crippen LogP contribution in [0.4, 0.5) is 4.79 Å². The number of nitrogens with zero attached hydrogens (tertiary/aromatic N) is 1. The van der Waals surface area contributed by atoms with Crippen LogP contribution in [-0.4, -0.2) is 17.5 Å². The molecule has 1 fully saturated rings. The summed E-state index contributed by atoms with van der Waals surface area (Å²) in [5.41, 5.74) is 4.75. The second-order valence-corrected chi connectivity index (χ2v) is 7.59. The first kappa shape index (κ1) is 19.9. The Hall–Kier alpha value is -2.81. The third-order valence-electron chi connectivity index (χ3n) is 5.08. The fourth-order valence-electron chi connectivity index (χ4n) is 3.55. The lowest BCUT2D eigenvalue weighted by Crippen LogP contribution is -2.28. The minimum Gasteiger partial charge on any atom is -0.439 e. The normalized spacial score (nSPS) is 19.5. The lowest BCUT2D eigenvalue weighted by molar-refractivity contribution is 0.130. The number of rotatable bonds is 7. The van der Waals surface area contributed by atoms with Crippen molar-refractivity contribution >= 4 is 6.09 Å².